The van der Waals surface area contributed by atoms with Gasteiger partial charge in [0.05, 0.1) is 0 Å². The minimum absolute atomic E-state index is 0.00667. The van der Waals surface area contributed by atoms with Gasteiger partial charge in [0.1, 0.15) is 0 Å². The van der Waals surface area contributed by atoms with E-state index in [1.54, 1.807) is 0 Å². The van der Waals surface area contributed by atoms with E-state index in [9.17, 15) is 4.79 Å². The Morgan fingerprint density at radius 3 is 2.26 bits per heavy atom. The molecule has 1 atom stereocenters. The number of nitrogens with one attached hydrogen (secondary N) is 1. The predicted molar refractivity (Wildman–Crippen MR) is 112 cm³/mol. The van der Waals surface area contributed by atoms with Gasteiger partial charge in [-0.3, -0.25) is 9.69 Å². The van der Waals surface area contributed by atoms with Crippen LogP contribution in [0.25, 0.3) is 0 Å². The van der Waals surface area contributed by atoms with Gasteiger partial charge in [0.15, 0.2) is 0 Å². The van der Waals surface area contributed by atoms with E-state index in [2.05, 4.69) is 41.1 Å². The maximum atomic E-state index is 12.7. The van der Waals surface area contributed by atoms with Gasteiger partial charge in [-0.25, -0.2) is 0 Å². The molecule has 5 heteroatoms. The summed E-state index contributed by atoms with van der Waals surface area (Å²) in [6.07, 6.45) is 6.20. The van der Waals surface area contributed by atoms with Crippen LogP contribution in [0.2, 0.25) is 0 Å². The molecule has 0 spiro atoms. The molecule has 1 aliphatic carbocycles. The zero-order valence-electron chi connectivity index (χ0n) is 17.0. The van der Waals surface area contributed by atoms with E-state index in [1.807, 2.05) is 12.1 Å². The van der Waals surface area contributed by atoms with Crippen LogP contribution < -0.4 is 16.0 Å². The molecule has 2 fully saturated rings. The number of nitrogens with two attached hydrogens (primary N) is 1. The summed E-state index contributed by atoms with van der Waals surface area (Å²) in [4.78, 5) is 17.6. The number of hydrogen-bond donors (Lipinski definition) is 2. The summed E-state index contributed by atoms with van der Waals surface area (Å²) in [7, 11) is 0. The van der Waals surface area contributed by atoms with Crippen molar-refractivity contribution < 1.29 is 4.79 Å². The Labute approximate surface area is 164 Å². The van der Waals surface area contributed by atoms with Gasteiger partial charge in [-0.15, -0.1) is 0 Å². The molecule has 3 rings (SSSR count). The Balaban J connectivity index is 1.55. The molecular weight excluding hydrogens is 336 g/mol. The average Bonchev–Trinajstić information content (AvgIpc) is 2.72. The third-order valence-corrected chi connectivity index (χ3v) is 6.33. The van der Waals surface area contributed by atoms with Crippen LogP contribution in [0.5, 0.6) is 0 Å². The van der Waals surface area contributed by atoms with Crippen LogP contribution in [-0.4, -0.2) is 55.6 Å². The fourth-order valence-electron chi connectivity index (χ4n) is 4.48. The summed E-state index contributed by atoms with van der Waals surface area (Å²) < 4.78 is 0. The molecule has 1 saturated carbocycles. The maximum absolute atomic E-state index is 12.7. The first-order valence-corrected chi connectivity index (χ1v) is 10.7. The van der Waals surface area contributed by atoms with Crippen molar-refractivity contribution in [2.24, 2.45) is 11.7 Å². The van der Waals surface area contributed by atoms with Crippen LogP contribution in [0.4, 0.5) is 5.69 Å². The van der Waals surface area contributed by atoms with E-state index < -0.39 is 0 Å². The lowest BCUT2D eigenvalue weighted by atomic mass is 9.84. The highest BCUT2D eigenvalue weighted by molar-refractivity contribution is 5.94. The summed E-state index contributed by atoms with van der Waals surface area (Å²) in [5.74, 6) is 0.538. The van der Waals surface area contributed by atoms with Gasteiger partial charge < -0.3 is 16.0 Å². The topological polar surface area (TPSA) is 61.6 Å². The molecule has 0 aromatic heterocycles. The van der Waals surface area contributed by atoms with Crippen molar-refractivity contribution in [3.8, 4) is 0 Å². The number of benzene rings is 1. The standard InChI is InChI=1S/C22H36N4O/c1-17(2)25-12-14-26(15-13-25)20-10-8-19(9-11-20)22(27)24-21(16-23)18-6-4-3-5-7-18/h8-11,17-18,21H,3-7,12-16,23H2,1-2H3,(H,24,27). The number of hydrogen-bond acceptors (Lipinski definition) is 4. The predicted octanol–water partition coefficient (Wildman–Crippen LogP) is 2.85. The molecule has 1 aromatic rings. The van der Waals surface area contributed by atoms with Gasteiger partial charge in [-0.05, 0) is 56.9 Å². The number of carbonyl (C=O) groups is 1. The largest absolute Gasteiger partial charge is 0.369 e. The summed E-state index contributed by atoms with van der Waals surface area (Å²) in [5, 5.41) is 3.19. The summed E-state index contributed by atoms with van der Waals surface area (Å²) in [5.41, 5.74) is 7.90. The van der Waals surface area contributed by atoms with Crippen LogP contribution in [0, 0.1) is 5.92 Å². The minimum Gasteiger partial charge on any atom is -0.369 e. The Morgan fingerprint density at radius 1 is 1.07 bits per heavy atom. The lowest BCUT2D eigenvalue weighted by molar-refractivity contribution is 0.0915. The second-order valence-electron chi connectivity index (χ2n) is 8.38. The van der Waals surface area contributed by atoms with Gasteiger partial charge >= 0.3 is 0 Å². The molecule has 1 saturated heterocycles. The highest BCUT2D eigenvalue weighted by atomic mass is 16.1. The van der Waals surface area contributed by atoms with Gasteiger partial charge in [0, 0.05) is 56.1 Å². The number of amides is 1. The zero-order valence-corrected chi connectivity index (χ0v) is 17.0. The van der Waals surface area contributed by atoms with E-state index in [0.29, 0.717) is 18.5 Å². The van der Waals surface area contributed by atoms with Crippen molar-refractivity contribution in [2.45, 2.75) is 58.0 Å². The summed E-state index contributed by atoms with van der Waals surface area (Å²) >= 11 is 0. The molecule has 5 nitrogen and oxygen atoms in total. The Hall–Kier alpha value is -1.59. The van der Waals surface area contributed by atoms with Crippen molar-refractivity contribution in [3.63, 3.8) is 0 Å². The molecule has 1 aliphatic heterocycles. The molecule has 2 aliphatic rings. The normalized spacial score (nSPS) is 20.7. The van der Waals surface area contributed by atoms with Crippen LogP contribution in [0.1, 0.15) is 56.3 Å². The molecule has 150 valence electrons. The number of anilines is 1. The molecule has 3 N–H and O–H groups in total. The van der Waals surface area contributed by atoms with E-state index in [0.717, 1.165) is 31.7 Å². The van der Waals surface area contributed by atoms with E-state index in [1.165, 1.54) is 37.8 Å². The second-order valence-corrected chi connectivity index (χ2v) is 8.38. The third-order valence-electron chi connectivity index (χ3n) is 6.33. The fraction of sp³-hybridized carbons (Fsp3) is 0.682. The first-order chi connectivity index (χ1) is 13.1. The molecule has 1 heterocycles. The molecule has 1 aromatic carbocycles. The molecule has 0 bridgehead atoms. The number of carbonyl (C=O) groups excluding carboxylic acids is 1. The van der Waals surface area contributed by atoms with Crippen molar-refractivity contribution in [1.29, 1.82) is 0 Å². The number of rotatable bonds is 6. The Kier molecular flexibility index (Phi) is 7.13. The van der Waals surface area contributed by atoms with Crippen LogP contribution in [0.15, 0.2) is 24.3 Å². The highest BCUT2D eigenvalue weighted by Gasteiger charge is 2.24. The first kappa shape index (κ1) is 20.2. The SMILES string of the molecule is CC(C)N1CCN(c2ccc(C(=O)NC(CN)C3CCCCC3)cc2)CC1. The van der Waals surface area contributed by atoms with Crippen molar-refractivity contribution in [1.82, 2.24) is 10.2 Å². The van der Waals surface area contributed by atoms with E-state index >= 15 is 0 Å². The average molecular weight is 373 g/mol. The first-order valence-electron chi connectivity index (χ1n) is 10.7. The fourth-order valence-corrected chi connectivity index (χ4v) is 4.48. The lowest BCUT2D eigenvalue weighted by Gasteiger charge is -2.38. The number of nitrogens with zero attached hydrogens (tertiary/aromatic N) is 2. The summed E-state index contributed by atoms with van der Waals surface area (Å²) in [6, 6.07) is 8.78. The monoisotopic (exact) mass is 372 g/mol. The van der Waals surface area contributed by atoms with Gasteiger partial charge in [-0.1, -0.05) is 19.3 Å². The van der Waals surface area contributed by atoms with Gasteiger partial charge in [-0.2, -0.15) is 0 Å². The third kappa shape index (κ3) is 5.23. The maximum Gasteiger partial charge on any atom is 0.251 e. The molecule has 0 radical (unpaired) electrons. The molecular formula is C22H36N4O. The van der Waals surface area contributed by atoms with Crippen LogP contribution >= 0.6 is 0 Å². The lowest BCUT2D eigenvalue weighted by Crippen LogP contribution is -2.48. The van der Waals surface area contributed by atoms with Crippen molar-refractivity contribution >= 4 is 11.6 Å². The van der Waals surface area contributed by atoms with Crippen LogP contribution in [0.3, 0.4) is 0 Å². The molecule has 27 heavy (non-hydrogen) atoms. The second kappa shape index (κ2) is 9.56. The van der Waals surface area contributed by atoms with E-state index in [-0.39, 0.29) is 11.9 Å². The van der Waals surface area contributed by atoms with Crippen LogP contribution in [-0.2, 0) is 0 Å². The minimum atomic E-state index is 0.00667. The van der Waals surface area contributed by atoms with Crippen molar-refractivity contribution in [2.75, 3.05) is 37.6 Å². The van der Waals surface area contributed by atoms with E-state index in [4.69, 9.17) is 5.73 Å². The zero-order chi connectivity index (χ0) is 19.2. The van der Waals surface area contributed by atoms with Gasteiger partial charge in [0.25, 0.3) is 5.91 Å². The van der Waals surface area contributed by atoms with Gasteiger partial charge in [0.2, 0.25) is 0 Å². The molecule has 1 amide bonds. The quantitative estimate of drug-likeness (QED) is 0.806. The molecule has 1 unspecified atom stereocenters. The van der Waals surface area contributed by atoms with Crippen molar-refractivity contribution in [3.05, 3.63) is 29.8 Å². The highest BCUT2D eigenvalue weighted by Crippen LogP contribution is 2.26. The summed E-state index contributed by atoms with van der Waals surface area (Å²) in [6.45, 7) is 9.31. The number of piperazine rings is 1. The smallest absolute Gasteiger partial charge is 0.251 e. The Bertz CT molecular complexity index is 587. The Morgan fingerprint density at radius 2 is 1.70 bits per heavy atom.